The van der Waals surface area contributed by atoms with Gasteiger partial charge in [-0.2, -0.15) is 0 Å². The minimum atomic E-state index is -0.394. The first-order chi connectivity index (χ1) is 11.5. The van der Waals surface area contributed by atoms with Crippen molar-refractivity contribution in [2.75, 3.05) is 33.3 Å². The van der Waals surface area contributed by atoms with Crippen molar-refractivity contribution in [3.05, 3.63) is 28.8 Å². The van der Waals surface area contributed by atoms with Gasteiger partial charge in [-0.3, -0.25) is 9.69 Å². The van der Waals surface area contributed by atoms with Crippen LogP contribution < -0.4 is 10.5 Å². The van der Waals surface area contributed by atoms with Crippen LogP contribution in [-0.2, 0) is 11.3 Å². The van der Waals surface area contributed by atoms with Gasteiger partial charge >= 0.3 is 0 Å². The number of nitrogens with zero attached hydrogens (tertiary/aromatic N) is 2. The molecule has 24 heavy (non-hydrogen) atoms. The number of benzene rings is 1. The van der Waals surface area contributed by atoms with Crippen molar-refractivity contribution in [1.82, 2.24) is 9.80 Å². The molecule has 0 saturated carbocycles. The Labute approximate surface area is 149 Å². The van der Waals surface area contributed by atoms with Gasteiger partial charge in [-0.1, -0.05) is 31.9 Å². The highest BCUT2D eigenvalue weighted by atomic mass is 35.5. The van der Waals surface area contributed by atoms with Gasteiger partial charge in [-0.15, -0.1) is 0 Å². The number of rotatable bonds is 6. The van der Waals surface area contributed by atoms with Gasteiger partial charge in [0.15, 0.2) is 0 Å². The third-order valence-corrected chi connectivity index (χ3v) is 5.10. The number of hydrogen-bond donors (Lipinski definition) is 1. The average molecular weight is 354 g/mol. The highest BCUT2D eigenvalue weighted by Gasteiger charge is 2.28. The van der Waals surface area contributed by atoms with E-state index in [0.29, 0.717) is 18.1 Å². The fourth-order valence-corrected chi connectivity index (χ4v) is 3.14. The molecule has 0 spiro atoms. The maximum absolute atomic E-state index is 12.5. The highest BCUT2D eigenvalue weighted by Crippen LogP contribution is 2.24. The zero-order valence-corrected chi connectivity index (χ0v) is 15.6. The Bertz CT molecular complexity index is 559. The fraction of sp³-hybridized carbons (Fsp3) is 0.611. The smallest absolute Gasteiger partial charge is 0.239 e. The number of carbonyl (C=O) groups is 1. The van der Waals surface area contributed by atoms with Gasteiger partial charge in [0, 0.05) is 43.3 Å². The summed E-state index contributed by atoms with van der Waals surface area (Å²) in [6.07, 6.45) is 0.918. The first-order valence-electron chi connectivity index (χ1n) is 8.55. The lowest BCUT2D eigenvalue weighted by molar-refractivity contribution is -0.135. The van der Waals surface area contributed by atoms with Crippen LogP contribution in [0, 0.1) is 5.92 Å². The molecule has 5 nitrogen and oxygen atoms in total. The molecule has 0 aromatic heterocycles. The molecule has 2 N–H and O–H groups in total. The zero-order chi connectivity index (χ0) is 17.7. The second-order valence-corrected chi connectivity index (χ2v) is 6.91. The number of methoxy groups -OCH3 is 1. The monoisotopic (exact) mass is 353 g/mol. The maximum Gasteiger partial charge on any atom is 0.239 e. The Hall–Kier alpha value is -1.30. The fourth-order valence-electron chi connectivity index (χ4n) is 2.95. The Kier molecular flexibility index (Phi) is 6.90. The largest absolute Gasteiger partial charge is 0.496 e. The van der Waals surface area contributed by atoms with Gasteiger partial charge < -0.3 is 15.4 Å². The van der Waals surface area contributed by atoms with E-state index in [2.05, 4.69) is 11.8 Å². The summed E-state index contributed by atoms with van der Waals surface area (Å²) in [6.45, 7) is 7.95. The number of amides is 1. The minimum Gasteiger partial charge on any atom is -0.496 e. The summed E-state index contributed by atoms with van der Waals surface area (Å²) >= 11 is 6.09. The summed E-state index contributed by atoms with van der Waals surface area (Å²) < 4.78 is 5.40. The number of carbonyl (C=O) groups excluding carboxylic acids is 1. The van der Waals surface area contributed by atoms with E-state index in [-0.39, 0.29) is 11.8 Å². The topological polar surface area (TPSA) is 58.8 Å². The summed E-state index contributed by atoms with van der Waals surface area (Å²) in [6, 6.07) is 5.27. The molecule has 1 aromatic carbocycles. The number of piperazine rings is 1. The van der Waals surface area contributed by atoms with Crippen LogP contribution in [-0.4, -0.2) is 55.0 Å². The van der Waals surface area contributed by atoms with Crippen LogP contribution in [0.2, 0.25) is 5.02 Å². The molecular formula is C18H28ClN3O2. The number of halogens is 1. The van der Waals surface area contributed by atoms with Crippen molar-refractivity contribution in [2.45, 2.75) is 32.9 Å². The second-order valence-electron chi connectivity index (χ2n) is 6.47. The van der Waals surface area contributed by atoms with Crippen molar-refractivity contribution in [1.29, 1.82) is 0 Å². The molecule has 1 aliphatic heterocycles. The molecule has 0 aliphatic carbocycles. The van der Waals surface area contributed by atoms with Gasteiger partial charge in [-0.25, -0.2) is 0 Å². The van der Waals surface area contributed by atoms with E-state index in [0.717, 1.165) is 37.4 Å². The molecule has 1 saturated heterocycles. The van der Waals surface area contributed by atoms with Crippen LogP contribution in [0.4, 0.5) is 0 Å². The van der Waals surface area contributed by atoms with Gasteiger partial charge in [-0.05, 0) is 24.1 Å². The third kappa shape index (κ3) is 4.62. The minimum absolute atomic E-state index is 0.0735. The molecule has 2 unspecified atom stereocenters. The molecule has 0 bridgehead atoms. The van der Waals surface area contributed by atoms with Crippen molar-refractivity contribution >= 4 is 17.5 Å². The predicted molar refractivity (Wildman–Crippen MR) is 97.3 cm³/mol. The van der Waals surface area contributed by atoms with E-state index in [1.807, 2.05) is 30.0 Å². The highest BCUT2D eigenvalue weighted by molar-refractivity contribution is 6.30. The lowest BCUT2D eigenvalue weighted by atomic mass is 9.98. The van der Waals surface area contributed by atoms with Crippen molar-refractivity contribution in [3.63, 3.8) is 0 Å². The summed E-state index contributed by atoms with van der Waals surface area (Å²) in [5.74, 6) is 1.13. The van der Waals surface area contributed by atoms with Crippen LogP contribution in [0.15, 0.2) is 18.2 Å². The summed E-state index contributed by atoms with van der Waals surface area (Å²) in [4.78, 5) is 16.7. The molecule has 0 radical (unpaired) electrons. The SMILES string of the molecule is CCC(C)C(N)C(=O)N1CCN(Cc2cc(Cl)ccc2OC)CC1. The first kappa shape index (κ1) is 19.0. The molecule has 1 aliphatic rings. The van der Waals surface area contributed by atoms with Gasteiger partial charge in [0.25, 0.3) is 0 Å². The normalized spacial score (nSPS) is 18.3. The van der Waals surface area contributed by atoms with Crippen LogP contribution in [0.1, 0.15) is 25.8 Å². The predicted octanol–water partition coefficient (Wildman–Crippen LogP) is 2.37. The molecule has 1 aromatic rings. The first-order valence-corrected chi connectivity index (χ1v) is 8.93. The standard InChI is InChI=1S/C18H28ClN3O2/c1-4-13(2)17(20)18(23)22-9-7-21(8-10-22)12-14-11-15(19)5-6-16(14)24-3/h5-6,11,13,17H,4,7-10,12,20H2,1-3H3. The van der Waals surface area contributed by atoms with Crippen molar-refractivity contribution in [3.8, 4) is 5.75 Å². The Morgan fingerprint density at radius 3 is 2.58 bits per heavy atom. The molecule has 2 rings (SSSR count). The van der Waals surface area contributed by atoms with E-state index >= 15 is 0 Å². The number of hydrogen-bond acceptors (Lipinski definition) is 4. The molecule has 1 amide bonds. The summed E-state index contributed by atoms with van der Waals surface area (Å²) in [5.41, 5.74) is 7.15. The quantitative estimate of drug-likeness (QED) is 0.853. The van der Waals surface area contributed by atoms with E-state index in [4.69, 9.17) is 22.1 Å². The Morgan fingerprint density at radius 1 is 1.33 bits per heavy atom. The molecule has 1 heterocycles. The van der Waals surface area contributed by atoms with Crippen LogP contribution in [0.25, 0.3) is 0 Å². The number of ether oxygens (including phenoxy) is 1. The second kappa shape index (κ2) is 8.70. The van der Waals surface area contributed by atoms with Gasteiger partial charge in [0.2, 0.25) is 5.91 Å². The van der Waals surface area contributed by atoms with Crippen LogP contribution >= 0.6 is 11.6 Å². The summed E-state index contributed by atoms with van der Waals surface area (Å²) in [5, 5.41) is 0.708. The molecule has 134 valence electrons. The molecule has 6 heteroatoms. The molecular weight excluding hydrogens is 326 g/mol. The van der Waals surface area contributed by atoms with Crippen molar-refractivity contribution in [2.24, 2.45) is 11.7 Å². The van der Waals surface area contributed by atoms with E-state index in [1.54, 1.807) is 7.11 Å². The summed E-state index contributed by atoms with van der Waals surface area (Å²) in [7, 11) is 1.67. The van der Waals surface area contributed by atoms with E-state index < -0.39 is 6.04 Å². The molecule has 2 atom stereocenters. The lowest BCUT2D eigenvalue weighted by Crippen LogP contribution is -2.54. The Morgan fingerprint density at radius 2 is 2.00 bits per heavy atom. The van der Waals surface area contributed by atoms with Gasteiger partial charge in [0.05, 0.1) is 13.2 Å². The maximum atomic E-state index is 12.5. The Balaban J connectivity index is 1.91. The van der Waals surface area contributed by atoms with E-state index in [1.165, 1.54) is 0 Å². The molecule has 1 fully saturated rings. The van der Waals surface area contributed by atoms with E-state index in [9.17, 15) is 4.79 Å². The number of nitrogens with two attached hydrogens (primary N) is 1. The third-order valence-electron chi connectivity index (χ3n) is 4.86. The van der Waals surface area contributed by atoms with Crippen LogP contribution in [0.5, 0.6) is 5.75 Å². The zero-order valence-electron chi connectivity index (χ0n) is 14.8. The van der Waals surface area contributed by atoms with Crippen LogP contribution in [0.3, 0.4) is 0 Å². The van der Waals surface area contributed by atoms with Crippen molar-refractivity contribution < 1.29 is 9.53 Å². The van der Waals surface area contributed by atoms with Gasteiger partial charge in [0.1, 0.15) is 5.75 Å². The average Bonchev–Trinajstić information content (AvgIpc) is 2.60. The lowest BCUT2D eigenvalue weighted by Gasteiger charge is -2.36.